The normalized spacial score (nSPS) is 13.6. The SMILES string of the molecule is CC(C)(C)C1=CN(c2cccc(C(C)(C)C)c2)[CH-]N1c1[c-]c(Oc2[c-]c3c(cc2)c2ccccc2n3-c2cc(C(C)(C)c3ccccc3)ccn2)cc(C(C)(C)c2ccccc2)c1.[Pt]. The van der Waals surface area contributed by atoms with Crippen LogP contribution in [-0.4, -0.2) is 9.55 Å². The first-order valence-electron chi connectivity index (χ1n) is 22.0. The molecule has 0 spiro atoms. The van der Waals surface area contributed by atoms with E-state index >= 15 is 0 Å². The standard InChI is InChI=1S/C58H57N4O.Pt/c1-55(2,3)42-24-19-25-45(32-42)60-38-53(56(4,5)6)61(39-60)46-33-44(58(9,10)41-22-15-12-16-23-41)34-48(36-46)63-47-28-29-50-49-26-17-18-27-51(49)62(52(50)37-47)54-35-43(30-31-59-54)57(7,8)40-20-13-11-14-21-40;/h11-35,38-39H,1-10H3;/q-3;. The Morgan fingerprint density at radius 3 is 1.84 bits per heavy atom. The van der Waals surface area contributed by atoms with Gasteiger partial charge >= 0.3 is 0 Å². The van der Waals surface area contributed by atoms with Gasteiger partial charge in [0.1, 0.15) is 5.82 Å². The van der Waals surface area contributed by atoms with Crippen molar-refractivity contribution in [2.45, 2.75) is 85.5 Å². The maximum Gasteiger partial charge on any atom is 0.135 e. The van der Waals surface area contributed by atoms with E-state index in [2.05, 4.69) is 248 Å². The van der Waals surface area contributed by atoms with Gasteiger partial charge in [0, 0.05) is 66.5 Å². The summed E-state index contributed by atoms with van der Waals surface area (Å²) in [5, 5.41) is 2.22. The number of anilines is 2. The zero-order valence-corrected chi connectivity index (χ0v) is 40.9. The van der Waals surface area contributed by atoms with Gasteiger partial charge in [-0.3, -0.25) is 0 Å². The molecular formula is C58H57N4OPt-3. The van der Waals surface area contributed by atoms with E-state index in [1.54, 1.807) is 0 Å². The van der Waals surface area contributed by atoms with Crippen molar-refractivity contribution in [3.05, 3.63) is 210 Å². The van der Waals surface area contributed by atoms with Crippen LogP contribution in [0.3, 0.4) is 0 Å². The quantitative estimate of drug-likeness (QED) is 0.135. The number of pyridine rings is 1. The summed E-state index contributed by atoms with van der Waals surface area (Å²) in [7, 11) is 0. The molecule has 328 valence electrons. The minimum Gasteiger partial charge on any atom is -0.509 e. The summed E-state index contributed by atoms with van der Waals surface area (Å²) in [5.41, 5.74) is 10.5. The van der Waals surface area contributed by atoms with E-state index in [0.29, 0.717) is 11.5 Å². The summed E-state index contributed by atoms with van der Waals surface area (Å²) in [5.74, 6) is 2.05. The van der Waals surface area contributed by atoms with Crippen LogP contribution in [0.1, 0.15) is 97.1 Å². The number of ether oxygens (including phenoxy) is 1. The first-order valence-corrected chi connectivity index (χ1v) is 22.0. The molecule has 0 unspecified atom stereocenters. The van der Waals surface area contributed by atoms with Crippen LogP contribution in [0.25, 0.3) is 27.6 Å². The summed E-state index contributed by atoms with van der Waals surface area (Å²) in [6.45, 7) is 24.9. The van der Waals surface area contributed by atoms with Crippen LogP contribution in [0.5, 0.6) is 11.5 Å². The fraction of sp³-hybridized carbons (Fsp3) is 0.241. The van der Waals surface area contributed by atoms with Crippen molar-refractivity contribution in [1.29, 1.82) is 0 Å². The van der Waals surface area contributed by atoms with E-state index in [-0.39, 0.29) is 42.7 Å². The molecule has 5 nitrogen and oxygen atoms in total. The van der Waals surface area contributed by atoms with Crippen LogP contribution in [0.2, 0.25) is 0 Å². The largest absolute Gasteiger partial charge is 0.509 e. The molecule has 6 heteroatoms. The Bertz CT molecular complexity index is 2990. The van der Waals surface area contributed by atoms with Gasteiger partial charge in [-0.15, -0.1) is 53.6 Å². The molecule has 0 fully saturated rings. The van der Waals surface area contributed by atoms with Gasteiger partial charge in [-0.05, 0) is 75.0 Å². The summed E-state index contributed by atoms with van der Waals surface area (Å²) >= 11 is 0. The average Bonchev–Trinajstić information content (AvgIpc) is 3.88. The van der Waals surface area contributed by atoms with Crippen molar-refractivity contribution < 1.29 is 25.8 Å². The summed E-state index contributed by atoms with van der Waals surface area (Å²) in [6.07, 6.45) is 4.18. The number of para-hydroxylation sites is 1. The van der Waals surface area contributed by atoms with E-state index in [4.69, 9.17) is 9.72 Å². The minimum atomic E-state index is -0.348. The molecule has 0 saturated heterocycles. The van der Waals surface area contributed by atoms with E-state index in [9.17, 15) is 0 Å². The predicted octanol–water partition coefficient (Wildman–Crippen LogP) is 14.9. The molecule has 0 N–H and O–H groups in total. The monoisotopic (exact) mass is 1020 g/mol. The molecule has 8 aromatic rings. The third kappa shape index (κ3) is 8.43. The molecule has 0 saturated carbocycles. The first-order chi connectivity index (χ1) is 30.0. The van der Waals surface area contributed by atoms with Gasteiger partial charge in [-0.25, -0.2) is 4.98 Å². The second-order valence-electron chi connectivity index (χ2n) is 20.0. The Balaban J connectivity index is 0.00000560. The van der Waals surface area contributed by atoms with E-state index in [1.165, 1.54) is 22.3 Å². The fourth-order valence-electron chi connectivity index (χ4n) is 8.77. The second-order valence-corrected chi connectivity index (χ2v) is 20.0. The molecule has 3 heterocycles. The zero-order chi connectivity index (χ0) is 44.3. The molecule has 0 aliphatic carbocycles. The molecule has 0 bridgehead atoms. The topological polar surface area (TPSA) is 33.5 Å². The van der Waals surface area contributed by atoms with Gasteiger partial charge in [0.15, 0.2) is 0 Å². The first kappa shape index (κ1) is 44.7. The molecule has 6 aromatic carbocycles. The van der Waals surface area contributed by atoms with Crippen molar-refractivity contribution in [2.24, 2.45) is 5.41 Å². The van der Waals surface area contributed by atoms with E-state index in [1.807, 2.05) is 12.3 Å². The number of benzene rings is 6. The van der Waals surface area contributed by atoms with Crippen LogP contribution in [-0.2, 0) is 37.3 Å². The summed E-state index contributed by atoms with van der Waals surface area (Å²) in [6, 6.07) is 59.1. The molecule has 9 rings (SSSR count). The van der Waals surface area contributed by atoms with Gasteiger partial charge in [0.05, 0.1) is 0 Å². The number of fused-ring (bicyclic) bond motifs is 3. The molecule has 0 amide bonds. The van der Waals surface area contributed by atoms with Crippen molar-refractivity contribution >= 4 is 33.2 Å². The number of allylic oxidation sites excluding steroid dienone is 1. The van der Waals surface area contributed by atoms with E-state index in [0.717, 1.165) is 50.3 Å². The number of hydrogen-bond acceptors (Lipinski definition) is 4. The van der Waals surface area contributed by atoms with Crippen LogP contribution in [0.15, 0.2) is 164 Å². The minimum absolute atomic E-state index is 0. The number of nitrogens with zero attached hydrogens (tertiary/aromatic N) is 4. The Kier molecular flexibility index (Phi) is 11.8. The maximum absolute atomic E-state index is 6.95. The predicted molar refractivity (Wildman–Crippen MR) is 262 cm³/mol. The Morgan fingerprint density at radius 2 is 1.17 bits per heavy atom. The van der Waals surface area contributed by atoms with Crippen LogP contribution in [0.4, 0.5) is 11.4 Å². The smallest absolute Gasteiger partial charge is 0.135 e. The number of aromatic nitrogens is 2. The van der Waals surface area contributed by atoms with Crippen molar-refractivity contribution in [3.8, 4) is 17.3 Å². The molecule has 2 aromatic heterocycles. The molecule has 1 aliphatic heterocycles. The fourth-order valence-corrected chi connectivity index (χ4v) is 8.77. The maximum atomic E-state index is 6.95. The number of rotatable bonds is 9. The summed E-state index contributed by atoms with van der Waals surface area (Å²) in [4.78, 5) is 9.49. The molecule has 64 heavy (non-hydrogen) atoms. The summed E-state index contributed by atoms with van der Waals surface area (Å²) < 4.78 is 9.17. The molecular weight excluding hydrogens is 964 g/mol. The molecule has 1 aliphatic rings. The van der Waals surface area contributed by atoms with Gasteiger partial charge in [-0.1, -0.05) is 166 Å². The van der Waals surface area contributed by atoms with Crippen LogP contribution >= 0.6 is 0 Å². The van der Waals surface area contributed by atoms with E-state index < -0.39 is 0 Å². The average molecular weight is 1020 g/mol. The number of hydrogen-bond donors (Lipinski definition) is 0. The zero-order valence-electron chi connectivity index (χ0n) is 38.6. The third-order valence-electron chi connectivity index (χ3n) is 12.8. The van der Waals surface area contributed by atoms with Gasteiger partial charge < -0.3 is 19.1 Å². The Hall–Kier alpha value is -5.90. The van der Waals surface area contributed by atoms with Gasteiger partial charge in [0.25, 0.3) is 0 Å². The molecule has 0 radical (unpaired) electrons. The third-order valence-corrected chi connectivity index (χ3v) is 12.8. The van der Waals surface area contributed by atoms with Crippen molar-refractivity contribution in [2.75, 3.05) is 9.80 Å². The van der Waals surface area contributed by atoms with Crippen molar-refractivity contribution in [1.82, 2.24) is 9.55 Å². The van der Waals surface area contributed by atoms with Gasteiger partial charge in [0.2, 0.25) is 0 Å². The Morgan fingerprint density at radius 1 is 0.531 bits per heavy atom. The van der Waals surface area contributed by atoms with Gasteiger partial charge in [-0.2, -0.15) is 6.07 Å². The van der Waals surface area contributed by atoms with Crippen LogP contribution in [0, 0.1) is 24.2 Å². The van der Waals surface area contributed by atoms with Crippen molar-refractivity contribution in [3.63, 3.8) is 0 Å². The molecule has 0 atom stereocenters. The van der Waals surface area contributed by atoms with Crippen LogP contribution < -0.4 is 14.5 Å². The Labute approximate surface area is 394 Å². The second kappa shape index (κ2) is 16.9.